The van der Waals surface area contributed by atoms with Gasteiger partial charge in [-0.15, -0.1) is 10.2 Å². The van der Waals surface area contributed by atoms with Crippen LogP contribution in [0.15, 0.2) is 24.3 Å². The van der Waals surface area contributed by atoms with Gasteiger partial charge in [0.25, 0.3) is 0 Å². The molecule has 1 saturated carbocycles. The van der Waals surface area contributed by atoms with Crippen LogP contribution in [0.25, 0.3) is 11.3 Å². The second-order valence-corrected chi connectivity index (χ2v) is 9.62. The van der Waals surface area contributed by atoms with Crippen LogP contribution in [0.4, 0.5) is 19.0 Å². The molecule has 3 fully saturated rings. The number of methoxy groups -OCH3 is 1. The lowest BCUT2D eigenvalue weighted by atomic mass is 9.95. The van der Waals surface area contributed by atoms with Crippen molar-refractivity contribution in [1.82, 2.24) is 15.1 Å². The van der Waals surface area contributed by atoms with E-state index in [0.29, 0.717) is 36.4 Å². The van der Waals surface area contributed by atoms with E-state index in [1.165, 1.54) is 6.07 Å². The van der Waals surface area contributed by atoms with Crippen molar-refractivity contribution in [1.29, 1.82) is 0 Å². The molecule has 2 aromatic rings. The van der Waals surface area contributed by atoms with E-state index in [-0.39, 0.29) is 16.9 Å². The summed E-state index contributed by atoms with van der Waals surface area (Å²) in [5.41, 5.74) is -0.330. The molecule has 3 heterocycles. The van der Waals surface area contributed by atoms with E-state index in [4.69, 9.17) is 9.47 Å². The molecule has 5 rings (SSSR count). The van der Waals surface area contributed by atoms with Crippen molar-refractivity contribution >= 4 is 5.82 Å². The Morgan fingerprint density at radius 1 is 1.15 bits per heavy atom. The summed E-state index contributed by atoms with van der Waals surface area (Å²) < 4.78 is 52.5. The van der Waals surface area contributed by atoms with Crippen LogP contribution in [0.1, 0.15) is 25.7 Å². The average Bonchev–Trinajstić information content (AvgIpc) is 3.35. The van der Waals surface area contributed by atoms with Crippen LogP contribution in [0, 0.1) is 29.3 Å². The van der Waals surface area contributed by atoms with Gasteiger partial charge in [0, 0.05) is 51.0 Å². The second kappa shape index (κ2) is 9.19. The topological polar surface area (TPSA) is 59.5 Å². The fraction of sp³-hybridized carbons (Fsp3) is 0.583. The molecule has 0 radical (unpaired) electrons. The number of halogens is 3. The first kappa shape index (κ1) is 22.6. The molecule has 4 atom stereocenters. The Balaban J connectivity index is 1.16. The number of fused-ring (bicyclic) bond motifs is 1. The van der Waals surface area contributed by atoms with Gasteiger partial charge < -0.3 is 14.8 Å². The smallest absolute Gasteiger partial charge is 0.168 e. The number of nitrogens with one attached hydrogen (secondary N) is 1. The highest BCUT2D eigenvalue weighted by Crippen LogP contribution is 2.40. The lowest BCUT2D eigenvalue weighted by molar-refractivity contribution is -0.121. The van der Waals surface area contributed by atoms with Crippen LogP contribution in [-0.4, -0.2) is 66.7 Å². The molecule has 2 saturated heterocycles. The molecule has 1 aromatic carbocycles. The molecule has 0 amide bonds. The van der Waals surface area contributed by atoms with E-state index in [1.54, 1.807) is 13.2 Å². The van der Waals surface area contributed by atoms with Crippen molar-refractivity contribution in [3.8, 4) is 11.3 Å². The number of ether oxygens (including phenoxy) is 2. The van der Waals surface area contributed by atoms with Crippen molar-refractivity contribution in [3.63, 3.8) is 0 Å². The number of benzene rings is 1. The third-order valence-electron chi connectivity index (χ3n) is 7.34. The van der Waals surface area contributed by atoms with Crippen LogP contribution in [-0.2, 0) is 9.47 Å². The summed E-state index contributed by atoms with van der Waals surface area (Å²) in [5.74, 6) is -1.40. The van der Waals surface area contributed by atoms with Gasteiger partial charge in [0.2, 0.25) is 0 Å². The van der Waals surface area contributed by atoms with Gasteiger partial charge in [-0.3, -0.25) is 4.90 Å². The lowest BCUT2D eigenvalue weighted by Crippen LogP contribution is -2.49. The minimum Gasteiger partial charge on any atom is -0.378 e. The van der Waals surface area contributed by atoms with E-state index in [1.807, 2.05) is 0 Å². The predicted octanol–water partition coefficient (Wildman–Crippen LogP) is 3.88. The van der Waals surface area contributed by atoms with Crippen LogP contribution in [0.3, 0.4) is 0 Å². The normalized spacial score (nSPS) is 29.9. The molecule has 6 nitrogen and oxygen atoms in total. The third-order valence-corrected chi connectivity index (χ3v) is 7.34. The molecular weight excluding hydrogens is 433 g/mol. The quantitative estimate of drug-likeness (QED) is 0.658. The van der Waals surface area contributed by atoms with Crippen molar-refractivity contribution in [2.75, 3.05) is 45.3 Å². The Kier molecular flexibility index (Phi) is 6.28. The SMILES string of the molecule is COC1(CN2C[C@H]3CC(Nc4ccc(-c5cc(F)cc(F)c5F)nn4)C[C@H]3C2)CCCOC1. The van der Waals surface area contributed by atoms with E-state index < -0.39 is 17.5 Å². The number of hydrogen-bond acceptors (Lipinski definition) is 6. The molecule has 1 N–H and O–H groups in total. The van der Waals surface area contributed by atoms with Crippen LogP contribution in [0.5, 0.6) is 0 Å². The first-order chi connectivity index (χ1) is 15.9. The van der Waals surface area contributed by atoms with Gasteiger partial charge in [-0.25, -0.2) is 13.2 Å². The molecular formula is C24H29F3N4O2. The molecule has 2 unspecified atom stereocenters. The van der Waals surface area contributed by atoms with Gasteiger partial charge >= 0.3 is 0 Å². The van der Waals surface area contributed by atoms with Crippen molar-refractivity contribution < 1.29 is 22.6 Å². The fourth-order valence-electron chi connectivity index (χ4n) is 5.73. The molecule has 2 aliphatic heterocycles. The molecule has 178 valence electrons. The molecule has 1 aliphatic carbocycles. The van der Waals surface area contributed by atoms with Crippen molar-refractivity contribution in [3.05, 3.63) is 41.7 Å². The largest absolute Gasteiger partial charge is 0.378 e. The van der Waals surface area contributed by atoms with Crippen LogP contribution >= 0.6 is 0 Å². The summed E-state index contributed by atoms with van der Waals surface area (Å²) in [5, 5.41) is 11.5. The minimum atomic E-state index is -1.24. The van der Waals surface area contributed by atoms with Gasteiger partial charge in [-0.1, -0.05) is 0 Å². The van der Waals surface area contributed by atoms with Gasteiger partial charge in [-0.2, -0.15) is 0 Å². The van der Waals surface area contributed by atoms with Crippen LogP contribution < -0.4 is 5.32 Å². The standard InChI is InChI=1S/C24H29F3N4O2/c1-32-24(5-2-6-33-14-24)13-31-11-15-7-18(8-16(15)12-31)28-22-4-3-21(29-30-22)19-9-17(25)10-20(26)23(19)27/h3-4,9-10,15-16,18H,2,5-8,11-14H2,1H3,(H,28,30)/t15-,16+,18?,24?. The van der Waals surface area contributed by atoms with E-state index >= 15 is 0 Å². The summed E-state index contributed by atoms with van der Waals surface area (Å²) in [6.07, 6.45) is 4.18. The molecule has 0 spiro atoms. The van der Waals surface area contributed by atoms with Gasteiger partial charge in [0.05, 0.1) is 12.3 Å². The maximum Gasteiger partial charge on any atom is 0.168 e. The van der Waals surface area contributed by atoms with Gasteiger partial charge in [0.15, 0.2) is 11.6 Å². The minimum absolute atomic E-state index is 0.0918. The maximum atomic E-state index is 14.0. The lowest BCUT2D eigenvalue weighted by Gasteiger charge is -2.38. The van der Waals surface area contributed by atoms with Crippen molar-refractivity contribution in [2.24, 2.45) is 11.8 Å². The molecule has 0 bridgehead atoms. The zero-order valence-electron chi connectivity index (χ0n) is 18.7. The Hall–Kier alpha value is -2.23. The van der Waals surface area contributed by atoms with Crippen LogP contribution in [0.2, 0.25) is 0 Å². The maximum absolute atomic E-state index is 14.0. The Morgan fingerprint density at radius 3 is 2.58 bits per heavy atom. The number of hydrogen-bond donors (Lipinski definition) is 1. The monoisotopic (exact) mass is 462 g/mol. The first-order valence-corrected chi connectivity index (χ1v) is 11.6. The highest BCUT2D eigenvalue weighted by atomic mass is 19.2. The number of likely N-dealkylation sites (tertiary alicyclic amines) is 1. The van der Waals surface area contributed by atoms with E-state index in [0.717, 1.165) is 58.0 Å². The Labute approximate surface area is 191 Å². The van der Waals surface area contributed by atoms with E-state index in [2.05, 4.69) is 20.4 Å². The highest BCUT2D eigenvalue weighted by molar-refractivity contribution is 5.60. The fourth-order valence-corrected chi connectivity index (χ4v) is 5.73. The summed E-state index contributed by atoms with van der Waals surface area (Å²) in [4.78, 5) is 2.52. The molecule has 33 heavy (non-hydrogen) atoms. The third kappa shape index (κ3) is 4.72. The number of nitrogens with zero attached hydrogens (tertiary/aromatic N) is 3. The molecule has 3 aliphatic rings. The Morgan fingerprint density at radius 2 is 1.94 bits per heavy atom. The van der Waals surface area contributed by atoms with Gasteiger partial charge in [-0.05, 0) is 55.7 Å². The first-order valence-electron chi connectivity index (χ1n) is 11.6. The summed E-state index contributed by atoms with van der Waals surface area (Å²) >= 11 is 0. The number of rotatable bonds is 6. The summed E-state index contributed by atoms with van der Waals surface area (Å²) in [6.45, 7) is 4.52. The zero-order valence-corrected chi connectivity index (χ0v) is 18.7. The number of aromatic nitrogens is 2. The second-order valence-electron chi connectivity index (χ2n) is 9.62. The van der Waals surface area contributed by atoms with Crippen molar-refractivity contribution in [2.45, 2.75) is 37.3 Å². The van der Waals surface area contributed by atoms with Gasteiger partial charge in [0.1, 0.15) is 17.2 Å². The zero-order chi connectivity index (χ0) is 23.0. The average molecular weight is 463 g/mol. The predicted molar refractivity (Wildman–Crippen MR) is 117 cm³/mol. The highest BCUT2D eigenvalue weighted by Gasteiger charge is 2.44. The van der Waals surface area contributed by atoms with E-state index in [9.17, 15) is 13.2 Å². The molecule has 1 aromatic heterocycles. The summed E-state index contributed by atoms with van der Waals surface area (Å²) in [6, 6.07) is 4.93. The Bertz CT molecular complexity index is 970. The number of anilines is 1. The summed E-state index contributed by atoms with van der Waals surface area (Å²) in [7, 11) is 1.79. The molecule has 9 heteroatoms.